The summed E-state index contributed by atoms with van der Waals surface area (Å²) >= 11 is 1.66. The van der Waals surface area contributed by atoms with Crippen molar-refractivity contribution in [2.24, 2.45) is 0 Å². The molecule has 5 heteroatoms. The van der Waals surface area contributed by atoms with E-state index in [1.165, 1.54) is 17.0 Å². The van der Waals surface area contributed by atoms with Crippen LogP contribution in [-0.2, 0) is 16.5 Å². The van der Waals surface area contributed by atoms with Gasteiger partial charge in [0.15, 0.2) is 0 Å². The number of hydrogen-bond acceptors (Lipinski definition) is 3. The third-order valence-electron chi connectivity index (χ3n) is 2.18. The average Bonchev–Trinajstić information content (AvgIpc) is 2.70. The zero-order valence-corrected chi connectivity index (χ0v) is 9.96. The van der Waals surface area contributed by atoms with Crippen LogP contribution in [0.5, 0.6) is 0 Å². The van der Waals surface area contributed by atoms with E-state index in [4.69, 9.17) is 4.55 Å². The quantitative estimate of drug-likeness (QED) is 0.856. The molecule has 2 rings (SSSR count). The molecule has 1 N–H and O–H groups in total. The summed E-state index contributed by atoms with van der Waals surface area (Å²) < 4.78 is 30.4. The van der Waals surface area contributed by atoms with Gasteiger partial charge in [-0.3, -0.25) is 4.55 Å². The molecule has 0 unspecified atom stereocenters. The predicted molar refractivity (Wildman–Crippen MR) is 63.4 cm³/mol. The van der Waals surface area contributed by atoms with Crippen molar-refractivity contribution in [2.75, 3.05) is 0 Å². The lowest BCUT2D eigenvalue weighted by molar-refractivity contribution is 0.483. The third-order valence-corrected chi connectivity index (χ3v) is 3.92. The maximum absolute atomic E-state index is 10.8. The zero-order chi connectivity index (χ0) is 11.6. The van der Waals surface area contributed by atoms with Gasteiger partial charge in [-0.05, 0) is 29.1 Å². The van der Waals surface area contributed by atoms with Crippen molar-refractivity contribution in [1.82, 2.24) is 0 Å². The Labute approximate surface area is 98.1 Å². The van der Waals surface area contributed by atoms with Crippen LogP contribution in [0.4, 0.5) is 0 Å². The highest BCUT2D eigenvalue weighted by molar-refractivity contribution is 7.85. The number of thiophene rings is 1. The molecule has 0 spiro atoms. The van der Waals surface area contributed by atoms with Crippen molar-refractivity contribution in [3.8, 4) is 0 Å². The van der Waals surface area contributed by atoms with Gasteiger partial charge in [0.25, 0.3) is 10.1 Å². The van der Waals surface area contributed by atoms with Gasteiger partial charge in [0.2, 0.25) is 0 Å². The first-order chi connectivity index (χ1) is 7.55. The van der Waals surface area contributed by atoms with Crippen molar-refractivity contribution in [2.45, 2.75) is 11.3 Å². The molecule has 0 bridgehead atoms. The average molecular weight is 254 g/mol. The Morgan fingerprint density at radius 1 is 1.12 bits per heavy atom. The monoisotopic (exact) mass is 254 g/mol. The van der Waals surface area contributed by atoms with Gasteiger partial charge in [0.1, 0.15) is 0 Å². The van der Waals surface area contributed by atoms with Crippen molar-refractivity contribution in [3.05, 3.63) is 52.2 Å². The molecule has 2 aromatic rings. The van der Waals surface area contributed by atoms with Crippen LogP contribution < -0.4 is 0 Å². The van der Waals surface area contributed by atoms with Gasteiger partial charge in [0, 0.05) is 11.3 Å². The summed E-state index contributed by atoms with van der Waals surface area (Å²) in [5, 5.41) is 2.00. The molecule has 16 heavy (non-hydrogen) atoms. The van der Waals surface area contributed by atoms with E-state index in [2.05, 4.69) is 0 Å². The first kappa shape index (κ1) is 11.3. The van der Waals surface area contributed by atoms with E-state index < -0.39 is 10.1 Å². The van der Waals surface area contributed by atoms with E-state index in [0.717, 1.165) is 12.0 Å². The molecule has 3 nitrogen and oxygen atoms in total. The van der Waals surface area contributed by atoms with Gasteiger partial charge in [-0.25, -0.2) is 0 Å². The predicted octanol–water partition coefficient (Wildman–Crippen LogP) is 2.59. The molecule has 1 aromatic heterocycles. The smallest absolute Gasteiger partial charge is 0.282 e. The Morgan fingerprint density at radius 2 is 1.81 bits per heavy atom. The van der Waals surface area contributed by atoms with Gasteiger partial charge in [0.05, 0.1) is 4.90 Å². The van der Waals surface area contributed by atoms with E-state index in [9.17, 15) is 8.42 Å². The molecule has 0 aliphatic heterocycles. The summed E-state index contributed by atoms with van der Waals surface area (Å²) in [6.45, 7) is 0. The fraction of sp³-hybridized carbons (Fsp3) is 0.0909. The van der Waals surface area contributed by atoms with Crippen LogP contribution >= 0.6 is 11.3 Å². The van der Waals surface area contributed by atoms with Crippen LogP contribution in [0, 0.1) is 0 Å². The zero-order valence-electron chi connectivity index (χ0n) is 8.33. The van der Waals surface area contributed by atoms with E-state index in [0.29, 0.717) is 0 Å². The molecule has 1 heterocycles. The molecule has 84 valence electrons. The number of benzene rings is 1. The van der Waals surface area contributed by atoms with E-state index in [1.54, 1.807) is 23.5 Å². The largest absolute Gasteiger partial charge is 0.294 e. The lowest BCUT2D eigenvalue weighted by Gasteiger charge is -2.00. The van der Waals surface area contributed by atoms with Crippen LogP contribution in [-0.4, -0.2) is 13.0 Å². The highest BCUT2D eigenvalue weighted by Crippen LogP contribution is 2.16. The maximum atomic E-state index is 10.8. The number of rotatable bonds is 3. The van der Waals surface area contributed by atoms with Gasteiger partial charge in [-0.15, -0.1) is 11.3 Å². The molecule has 0 saturated heterocycles. The van der Waals surface area contributed by atoms with Gasteiger partial charge in [-0.1, -0.05) is 18.2 Å². The molecule has 0 radical (unpaired) electrons. The van der Waals surface area contributed by atoms with Gasteiger partial charge >= 0.3 is 0 Å². The summed E-state index contributed by atoms with van der Waals surface area (Å²) in [4.78, 5) is 1.15. The van der Waals surface area contributed by atoms with E-state index in [-0.39, 0.29) is 4.90 Å². The van der Waals surface area contributed by atoms with Crippen LogP contribution in [0.2, 0.25) is 0 Å². The fourth-order valence-electron chi connectivity index (χ4n) is 1.39. The molecular formula is C11H10O3S2. The molecular weight excluding hydrogens is 244 g/mol. The fourth-order valence-corrected chi connectivity index (χ4v) is 2.61. The first-order valence-corrected chi connectivity index (χ1v) is 6.96. The molecule has 0 aliphatic rings. The second kappa shape index (κ2) is 4.37. The maximum Gasteiger partial charge on any atom is 0.294 e. The normalized spacial score (nSPS) is 11.6. The molecule has 0 aliphatic carbocycles. The Kier molecular flexibility index (Phi) is 3.09. The standard InChI is InChI=1S/C11H10O3S2/c12-16(13,14)11-5-3-9(4-6-11)8-10-2-1-7-15-10/h1-7H,8H2,(H,12,13,14). The van der Waals surface area contributed by atoms with E-state index >= 15 is 0 Å². The topological polar surface area (TPSA) is 54.4 Å². The molecule has 0 amide bonds. The lowest BCUT2D eigenvalue weighted by Crippen LogP contribution is -1.97. The lowest BCUT2D eigenvalue weighted by atomic mass is 10.1. The third kappa shape index (κ3) is 2.69. The van der Waals surface area contributed by atoms with Crippen LogP contribution in [0.3, 0.4) is 0 Å². The van der Waals surface area contributed by atoms with Crippen LogP contribution in [0.25, 0.3) is 0 Å². The van der Waals surface area contributed by atoms with Gasteiger partial charge in [-0.2, -0.15) is 8.42 Å². The Morgan fingerprint density at radius 3 is 2.31 bits per heavy atom. The van der Waals surface area contributed by atoms with Crippen molar-refractivity contribution < 1.29 is 13.0 Å². The van der Waals surface area contributed by atoms with Crippen LogP contribution in [0.1, 0.15) is 10.4 Å². The minimum atomic E-state index is -4.08. The molecule has 0 atom stereocenters. The highest BCUT2D eigenvalue weighted by atomic mass is 32.2. The molecule has 0 fully saturated rings. The molecule has 0 saturated carbocycles. The Hall–Kier alpha value is -1.17. The highest BCUT2D eigenvalue weighted by Gasteiger charge is 2.08. The second-order valence-corrected chi connectivity index (χ2v) is 5.83. The first-order valence-electron chi connectivity index (χ1n) is 4.64. The SMILES string of the molecule is O=S(=O)(O)c1ccc(Cc2cccs2)cc1. The minimum absolute atomic E-state index is 0.0672. The van der Waals surface area contributed by atoms with Crippen LogP contribution in [0.15, 0.2) is 46.7 Å². The minimum Gasteiger partial charge on any atom is -0.282 e. The van der Waals surface area contributed by atoms with Gasteiger partial charge < -0.3 is 0 Å². The summed E-state index contributed by atoms with van der Waals surface area (Å²) in [5.41, 5.74) is 1.02. The summed E-state index contributed by atoms with van der Waals surface area (Å²) in [7, 11) is -4.08. The van der Waals surface area contributed by atoms with Crippen molar-refractivity contribution >= 4 is 21.5 Å². The van der Waals surface area contributed by atoms with Crippen molar-refractivity contribution in [3.63, 3.8) is 0 Å². The summed E-state index contributed by atoms with van der Waals surface area (Å²) in [6, 6.07) is 10.3. The van der Waals surface area contributed by atoms with Crippen molar-refractivity contribution in [1.29, 1.82) is 0 Å². The summed E-state index contributed by atoms with van der Waals surface area (Å²) in [6.07, 6.45) is 0.781. The Bertz CT molecular complexity index is 554. The molecule has 1 aromatic carbocycles. The van der Waals surface area contributed by atoms with E-state index in [1.807, 2.05) is 17.5 Å². The number of hydrogen-bond donors (Lipinski definition) is 1. The Balaban J connectivity index is 2.20. The second-order valence-electron chi connectivity index (χ2n) is 3.38. The summed E-state index contributed by atoms with van der Waals surface area (Å²) in [5.74, 6) is 0.